The zero-order chi connectivity index (χ0) is 29.3. The minimum absolute atomic E-state index is 0.0536. The number of rotatable bonds is 19. The smallest absolute Gasteiger partial charge is 0.306 e. The molecule has 224 valence electrons. The summed E-state index contributed by atoms with van der Waals surface area (Å²) < 4.78 is 10.3. The van der Waals surface area contributed by atoms with Gasteiger partial charge in [0.25, 0.3) is 5.91 Å². The molecule has 1 fully saturated rings. The van der Waals surface area contributed by atoms with E-state index in [1.165, 1.54) is 0 Å². The minimum atomic E-state index is -0.737. The van der Waals surface area contributed by atoms with Crippen LogP contribution in [-0.2, 0) is 36.9 Å². The van der Waals surface area contributed by atoms with Crippen LogP contribution in [0.1, 0.15) is 63.5 Å². The molecule has 40 heavy (non-hydrogen) atoms. The summed E-state index contributed by atoms with van der Waals surface area (Å²) in [6.07, 6.45) is 5.87. The fourth-order valence-electron chi connectivity index (χ4n) is 5.01. The zero-order valence-electron chi connectivity index (χ0n) is 24.3. The van der Waals surface area contributed by atoms with E-state index in [1.807, 2.05) is 38.1 Å². The molecule has 2 rings (SSSR count). The number of ketones is 1. The van der Waals surface area contributed by atoms with Crippen molar-refractivity contribution in [1.29, 1.82) is 0 Å². The topological polar surface area (TPSA) is 113 Å². The Morgan fingerprint density at radius 1 is 1.18 bits per heavy atom. The van der Waals surface area contributed by atoms with Gasteiger partial charge >= 0.3 is 5.97 Å². The van der Waals surface area contributed by atoms with Gasteiger partial charge in [0, 0.05) is 51.3 Å². The lowest BCUT2D eigenvalue weighted by atomic mass is 9.91. The van der Waals surface area contributed by atoms with Crippen LogP contribution in [0.3, 0.4) is 0 Å². The first-order chi connectivity index (χ1) is 19.3. The van der Waals surface area contributed by atoms with E-state index in [4.69, 9.17) is 9.47 Å². The molecule has 0 aromatic heterocycles. The number of carbonyl (C=O) groups is 3. The number of hydrogen-bond donors (Lipinski definition) is 2. The monoisotopic (exact) mass is 577 g/mol. The van der Waals surface area contributed by atoms with Gasteiger partial charge in [-0.15, -0.1) is 0 Å². The first-order valence-electron chi connectivity index (χ1n) is 14.4. The molecule has 1 aromatic rings. The fraction of sp³-hybridized carbons (Fsp3) is 0.645. The van der Waals surface area contributed by atoms with Crippen molar-refractivity contribution < 1.29 is 34.1 Å². The van der Waals surface area contributed by atoms with Gasteiger partial charge in [0.05, 0.1) is 18.8 Å². The Morgan fingerprint density at radius 2 is 1.90 bits per heavy atom. The van der Waals surface area contributed by atoms with Crippen LogP contribution in [0.25, 0.3) is 0 Å². The summed E-state index contributed by atoms with van der Waals surface area (Å²) in [5.41, 5.74) is 2.03. The molecule has 0 bridgehead atoms. The molecule has 1 aromatic carbocycles. The van der Waals surface area contributed by atoms with E-state index in [-0.39, 0.29) is 48.9 Å². The summed E-state index contributed by atoms with van der Waals surface area (Å²) in [4.78, 5) is 38.5. The lowest BCUT2D eigenvalue weighted by Crippen LogP contribution is -2.35. The van der Waals surface area contributed by atoms with Gasteiger partial charge < -0.3 is 24.6 Å². The average molecular weight is 578 g/mol. The second-order valence-corrected chi connectivity index (χ2v) is 11.6. The Labute approximate surface area is 243 Å². The van der Waals surface area contributed by atoms with Crippen molar-refractivity contribution in [1.82, 2.24) is 4.90 Å². The Balaban J connectivity index is 1.70. The van der Waals surface area contributed by atoms with Crippen molar-refractivity contribution in [3.8, 4) is 0 Å². The number of nitrogens with zero attached hydrogens (tertiary/aromatic N) is 1. The first-order valence-corrected chi connectivity index (χ1v) is 15.6. The molecule has 0 spiro atoms. The van der Waals surface area contributed by atoms with Crippen molar-refractivity contribution in [2.24, 2.45) is 11.8 Å². The number of aliphatic hydroxyl groups excluding tert-OH is 2. The number of carbonyl (C=O) groups excluding carboxylic acids is 3. The largest absolute Gasteiger partial charge is 0.456 e. The van der Waals surface area contributed by atoms with E-state index in [0.717, 1.165) is 35.5 Å². The Bertz CT molecular complexity index is 947. The number of ether oxygens (including phenoxy) is 2. The predicted octanol–water partition coefficient (Wildman–Crippen LogP) is 3.95. The first kappa shape index (κ1) is 34.0. The molecule has 9 heteroatoms. The van der Waals surface area contributed by atoms with Crippen LogP contribution in [0.4, 0.5) is 0 Å². The van der Waals surface area contributed by atoms with Gasteiger partial charge in [-0.1, -0.05) is 50.3 Å². The molecule has 0 unspecified atom stereocenters. The molecule has 1 saturated carbocycles. The van der Waals surface area contributed by atoms with Crippen LogP contribution >= 0.6 is 11.8 Å². The van der Waals surface area contributed by atoms with Crippen molar-refractivity contribution in [2.45, 2.75) is 77.6 Å². The highest BCUT2D eigenvalue weighted by molar-refractivity contribution is 7.99. The SMILES string of the molecule is CCCN(CCC)C(=O)COC(=O)CCCSCC[C@H]1C(=O)C[C@@H](O)[C@@H]1/C=C/[C@@H](O)Cc1cccc(COC)c1. The van der Waals surface area contributed by atoms with Crippen LogP contribution < -0.4 is 0 Å². The third-order valence-corrected chi connectivity index (χ3v) is 8.08. The molecule has 2 N–H and O–H groups in total. The Kier molecular flexibility index (Phi) is 16.2. The van der Waals surface area contributed by atoms with E-state index in [0.29, 0.717) is 39.0 Å². The van der Waals surface area contributed by atoms with Crippen LogP contribution in [0.2, 0.25) is 0 Å². The zero-order valence-corrected chi connectivity index (χ0v) is 25.1. The van der Waals surface area contributed by atoms with E-state index in [9.17, 15) is 24.6 Å². The standard InChI is InChI=1S/C31H47NO7S/c1-4-14-32(15-5-2)30(36)22-39-31(37)10-7-16-40-17-13-27-26(28(34)20-29(27)35)12-11-25(33)19-23-8-6-9-24(18-23)21-38-3/h6,8-9,11-12,18,25-28,33-34H,4-5,7,10,13-17,19-22H2,1-3H3/b12-11+/t25-,26-,27-,28-/m1/s1. The number of esters is 1. The summed E-state index contributed by atoms with van der Waals surface area (Å²) in [5.74, 6) is 0.423. The highest BCUT2D eigenvalue weighted by Gasteiger charge is 2.39. The molecule has 0 radical (unpaired) electrons. The highest BCUT2D eigenvalue weighted by atomic mass is 32.2. The molecular formula is C31H47NO7S. The molecule has 1 amide bonds. The number of amides is 1. The highest BCUT2D eigenvalue weighted by Crippen LogP contribution is 2.34. The summed E-state index contributed by atoms with van der Waals surface area (Å²) in [7, 11) is 1.64. The quantitative estimate of drug-likeness (QED) is 0.144. The van der Waals surface area contributed by atoms with Crippen LogP contribution in [0.15, 0.2) is 36.4 Å². The third-order valence-electron chi connectivity index (χ3n) is 6.97. The third kappa shape index (κ3) is 12.1. The number of hydrogen-bond acceptors (Lipinski definition) is 8. The van der Waals surface area contributed by atoms with Gasteiger partial charge in [0.15, 0.2) is 6.61 Å². The minimum Gasteiger partial charge on any atom is -0.456 e. The van der Waals surface area contributed by atoms with E-state index in [2.05, 4.69) is 0 Å². The summed E-state index contributed by atoms with van der Waals surface area (Å²) in [6, 6.07) is 7.87. The van der Waals surface area contributed by atoms with Crippen molar-refractivity contribution in [3.63, 3.8) is 0 Å². The molecule has 0 saturated heterocycles. The molecule has 1 aliphatic carbocycles. The van der Waals surface area contributed by atoms with Gasteiger partial charge in [0.1, 0.15) is 5.78 Å². The summed E-state index contributed by atoms with van der Waals surface area (Å²) in [5, 5.41) is 21.0. The van der Waals surface area contributed by atoms with Gasteiger partial charge in [-0.2, -0.15) is 11.8 Å². The fourth-order valence-corrected chi connectivity index (χ4v) is 5.98. The van der Waals surface area contributed by atoms with Crippen LogP contribution in [0, 0.1) is 11.8 Å². The number of Topliss-reactive ketones (excluding diaryl/α,β-unsaturated/α-hetero) is 1. The van der Waals surface area contributed by atoms with Crippen LogP contribution in [0.5, 0.6) is 0 Å². The molecule has 4 atom stereocenters. The van der Waals surface area contributed by atoms with E-state index < -0.39 is 12.2 Å². The second-order valence-electron chi connectivity index (χ2n) is 10.4. The molecule has 0 heterocycles. The molecule has 0 aliphatic heterocycles. The lowest BCUT2D eigenvalue weighted by Gasteiger charge is -2.21. The van der Waals surface area contributed by atoms with Crippen molar-refractivity contribution >= 4 is 29.4 Å². The van der Waals surface area contributed by atoms with E-state index in [1.54, 1.807) is 35.9 Å². The summed E-state index contributed by atoms with van der Waals surface area (Å²) >= 11 is 1.66. The maximum Gasteiger partial charge on any atom is 0.306 e. The van der Waals surface area contributed by atoms with Gasteiger partial charge in [-0.3, -0.25) is 14.4 Å². The number of aliphatic hydroxyl groups is 2. The average Bonchev–Trinajstić information content (AvgIpc) is 3.19. The Hall–Kier alpha value is -2.20. The molecule has 8 nitrogen and oxygen atoms in total. The maximum atomic E-state index is 12.5. The molecular weight excluding hydrogens is 530 g/mol. The number of thioether (sulfide) groups is 1. The van der Waals surface area contributed by atoms with Gasteiger partial charge in [-0.05, 0) is 48.3 Å². The second kappa shape index (κ2) is 19.0. The molecule has 1 aliphatic rings. The number of methoxy groups -OCH3 is 1. The van der Waals surface area contributed by atoms with Gasteiger partial charge in [-0.25, -0.2) is 0 Å². The number of benzene rings is 1. The maximum absolute atomic E-state index is 12.5. The predicted molar refractivity (Wildman–Crippen MR) is 158 cm³/mol. The summed E-state index contributed by atoms with van der Waals surface area (Å²) in [6.45, 7) is 5.67. The van der Waals surface area contributed by atoms with Crippen molar-refractivity contribution in [2.75, 3.05) is 38.3 Å². The Morgan fingerprint density at radius 3 is 2.60 bits per heavy atom. The van der Waals surface area contributed by atoms with Crippen LogP contribution in [-0.4, -0.2) is 83.3 Å². The normalized spacial score (nSPS) is 19.7. The lowest BCUT2D eigenvalue weighted by molar-refractivity contribution is -0.152. The van der Waals surface area contributed by atoms with Crippen molar-refractivity contribution in [3.05, 3.63) is 47.5 Å². The van der Waals surface area contributed by atoms with E-state index >= 15 is 0 Å². The van der Waals surface area contributed by atoms with Gasteiger partial charge in [0.2, 0.25) is 0 Å².